The third-order valence-corrected chi connectivity index (χ3v) is 23.4. The zero-order valence-corrected chi connectivity index (χ0v) is 58.9. The van der Waals surface area contributed by atoms with Crippen LogP contribution in [0.4, 0.5) is 23.0 Å². The van der Waals surface area contributed by atoms with Gasteiger partial charge in [-0.05, 0) is 92.5 Å². The quantitative estimate of drug-likeness (QED) is 0.0224. The van der Waals surface area contributed by atoms with E-state index in [4.69, 9.17) is 15.2 Å². The Balaban J connectivity index is 0.635. The Morgan fingerprint density at radius 3 is 2.05 bits per heavy atom. The number of aromatic nitrogens is 7. The molecule has 102 heavy (non-hydrogen) atoms. The summed E-state index contributed by atoms with van der Waals surface area (Å²) in [5.74, 6) is -3.98. The molecule has 0 saturated carbocycles. The maximum atomic E-state index is 14.4. The number of rotatable bonds is 30. The lowest BCUT2D eigenvalue weighted by molar-refractivity contribution is -0.139. The van der Waals surface area contributed by atoms with E-state index in [2.05, 4.69) is 61.3 Å². The summed E-state index contributed by atoms with van der Waals surface area (Å²) >= 11 is 0. The van der Waals surface area contributed by atoms with E-state index in [-0.39, 0.29) is 126 Å². The third kappa shape index (κ3) is 22.5. The number of carbonyl (C=O) groups excluding carboxylic acids is 4. The van der Waals surface area contributed by atoms with E-state index in [0.717, 1.165) is 24.2 Å². The van der Waals surface area contributed by atoms with Gasteiger partial charge < -0.3 is 75.9 Å². The van der Waals surface area contributed by atoms with Crippen LogP contribution >= 0.6 is 22.3 Å². The summed E-state index contributed by atoms with van der Waals surface area (Å²) in [5, 5.41) is 30.1. The minimum Gasteiger partial charge on any atom is -0.480 e. The Morgan fingerprint density at radius 2 is 1.34 bits per heavy atom. The van der Waals surface area contributed by atoms with Gasteiger partial charge >= 0.3 is 13.6 Å². The largest absolute Gasteiger partial charge is 0.480 e. The average Bonchev–Trinajstić information content (AvgIpc) is 1.60. The number of benzene rings is 4. The average molecular weight is 1470 g/mol. The van der Waals surface area contributed by atoms with E-state index in [1.165, 1.54) is 18.3 Å². The molecule has 0 radical (unpaired) electrons. The summed E-state index contributed by atoms with van der Waals surface area (Å²) < 4.78 is 52.5. The normalized spacial score (nSPS) is 17.6. The minimum absolute atomic E-state index is 0.0312. The summed E-state index contributed by atoms with van der Waals surface area (Å²) in [4.78, 5) is 144. The first-order valence-electron chi connectivity index (χ1n) is 33.6. The van der Waals surface area contributed by atoms with Crippen molar-refractivity contribution in [1.29, 1.82) is 0 Å². The van der Waals surface area contributed by atoms with Gasteiger partial charge in [-0.1, -0.05) is 59.8 Å². The Bertz CT molecular complexity index is 4300. The van der Waals surface area contributed by atoms with E-state index in [1.54, 1.807) is 46.0 Å². The standard InChI is InChI=1S/C66H86N17O16P3/c67-66-74-62-60(64(88)75-66)72-51(40-70-62)39-69-49-17-13-47(14-18-49)63(87)73-54(65(89)90)19-20-56(84)68-23-35-98-37-38-99-36-34-83-61-53-9-3-4-10-55(53)82(41-48-7-1-2-8-52(48)59(61)76-77-83)58(86)22-21-57(85)71-50-15-11-46(12-16-50)42-100(91,92)45-101(93,94)43-80-26-5-24-79-29-28-78(30-32-80)25-6-27-81(33-31-79)44-102(95,96)97/h1-4,7-18,40,54,69H,5-6,19-39,41-45H2,(H,68,84)(H,71,85)(H,73,87)(H,89,90)(H,91,92)(H,93,94)(H2,95,96,97)(H3,67,70,74,75,88)/t54-/m0/s1. The molecule has 7 aromatic rings. The number of nitrogens with two attached hydrogens (primary N) is 1. The first-order valence-corrected chi connectivity index (χ1v) is 39.4. The highest BCUT2D eigenvalue weighted by Crippen LogP contribution is 2.59. The van der Waals surface area contributed by atoms with Crippen molar-refractivity contribution in [2.45, 2.75) is 70.4 Å². The molecule has 2 saturated heterocycles. The molecular formula is C66H86N17O16P3. The number of nitrogen functional groups attached to an aromatic ring is 1. The van der Waals surface area contributed by atoms with Crippen LogP contribution in [0, 0.1) is 0 Å². The number of H-pyrrole nitrogens is 1. The van der Waals surface area contributed by atoms with Crippen molar-refractivity contribution in [3.63, 3.8) is 0 Å². The molecule has 4 unspecified atom stereocenters. The molecule has 4 amide bonds. The monoisotopic (exact) mass is 1470 g/mol. The van der Waals surface area contributed by atoms with E-state index in [1.807, 2.05) is 58.3 Å². The van der Waals surface area contributed by atoms with Crippen LogP contribution in [0.25, 0.3) is 33.7 Å². The number of para-hydroxylation sites is 1. The second-order valence-corrected chi connectivity index (χ2v) is 32.1. The molecule has 0 spiro atoms. The number of aliphatic carboxylic acids is 1. The lowest BCUT2D eigenvalue weighted by Crippen LogP contribution is -2.47. The smallest absolute Gasteiger partial charge is 0.339 e. The summed E-state index contributed by atoms with van der Waals surface area (Å²) in [6.07, 6.45) is 1.29. The zero-order chi connectivity index (χ0) is 72.4. The molecule has 12 N–H and O–H groups in total. The maximum Gasteiger partial charge on any atom is 0.339 e. The summed E-state index contributed by atoms with van der Waals surface area (Å²) in [7, 11) is -12.5. The van der Waals surface area contributed by atoms with Crippen LogP contribution in [0.15, 0.2) is 108 Å². The number of hydrogen-bond donors (Lipinski definition) is 11. The van der Waals surface area contributed by atoms with E-state index < -0.39 is 63.5 Å². The molecule has 5 atom stereocenters. The van der Waals surface area contributed by atoms with Crippen molar-refractivity contribution >= 4 is 86.1 Å². The van der Waals surface area contributed by atoms with E-state index in [9.17, 15) is 67.1 Å². The SMILES string of the molecule is Nc1nc2ncc(CNc3ccc(C(=O)N[C@@H](CCC(=O)NCCOCCOCCn4nnc5c4-c4ccccc4N(C(=O)CCC(=O)Nc4ccc(CP(=O)(O)CP(=O)(O)CN6CCCN7CCN(CCCN(CP(=O)(O)O)CC7)CC6)cc4)Cc4ccccc4-5)C(=O)O)cc3)nc2c(=O)[nH]1. The molecular weight excluding hydrogens is 1380 g/mol. The van der Waals surface area contributed by atoms with Gasteiger partial charge in [-0.2, -0.15) is 4.98 Å². The topological polar surface area (TPSA) is 449 Å². The number of anilines is 4. The lowest BCUT2D eigenvalue weighted by Gasteiger charge is -2.36. The van der Waals surface area contributed by atoms with Gasteiger partial charge in [-0.3, -0.25) is 52.5 Å². The number of amides is 4. The minimum atomic E-state index is -4.21. The van der Waals surface area contributed by atoms with Gasteiger partial charge in [-0.15, -0.1) is 5.10 Å². The first kappa shape index (κ1) is 76.1. The van der Waals surface area contributed by atoms with Crippen LogP contribution in [0.1, 0.15) is 65.7 Å². The predicted octanol–water partition coefficient (Wildman–Crippen LogP) is 4.02. The highest BCUT2D eigenvalue weighted by molar-refractivity contribution is 7.74. The maximum absolute atomic E-state index is 14.4. The Labute approximate surface area is 587 Å². The predicted molar refractivity (Wildman–Crippen MR) is 381 cm³/mol. The van der Waals surface area contributed by atoms with Gasteiger partial charge in [0, 0.05) is 99.7 Å². The first-order chi connectivity index (χ1) is 48.9. The summed E-state index contributed by atoms with van der Waals surface area (Å²) in [6.45, 7) is 7.75. The number of nitrogens with one attached hydrogen (secondary N) is 5. The van der Waals surface area contributed by atoms with Crippen molar-refractivity contribution in [2.75, 3.05) is 138 Å². The number of carboxylic acid groups (broad SMARTS) is 1. The van der Waals surface area contributed by atoms with Crippen LogP contribution < -0.4 is 37.5 Å². The van der Waals surface area contributed by atoms with Crippen molar-refractivity contribution in [1.82, 2.24) is 65.2 Å². The second-order valence-electron chi connectivity index (χ2n) is 25.4. The van der Waals surface area contributed by atoms with Crippen molar-refractivity contribution in [2.24, 2.45) is 0 Å². The molecule has 6 heterocycles. The number of aromatic amines is 1. The van der Waals surface area contributed by atoms with Gasteiger partial charge in [0.2, 0.25) is 38.4 Å². The molecule has 10 rings (SSSR count). The molecule has 2 bridgehead atoms. The molecule has 2 fully saturated rings. The van der Waals surface area contributed by atoms with Gasteiger partial charge in [0.25, 0.3) is 11.5 Å². The fraction of sp³-hybridized carbons (Fsp3) is 0.439. The Kier molecular flexibility index (Phi) is 26.6. The Hall–Kier alpha value is -8.52. The highest BCUT2D eigenvalue weighted by Gasteiger charge is 2.35. The molecule has 546 valence electrons. The summed E-state index contributed by atoms with van der Waals surface area (Å²) in [5.41, 5.74) is 11.4. The van der Waals surface area contributed by atoms with E-state index >= 15 is 0 Å². The number of ether oxygens (including phenoxy) is 2. The van der Waals surface area contributed by atoms with Crippen LogP contribution in [-0.4, -0.2) is 232 Å². The van der Waals surface area contributed by atoms with Crippen LogP contribution in [0.5, 0.6) is 0 Å². The molecule has 4 aromatic carbocycles. The van der Waals surface area contributed by atoms with Crippen molar-refractivity contribution < 1.29 is 71.8 Å². The fourth-order valence-electron chi connectivity index (χ4n) is 12.4. The number of nitrogens with zero attached hydrogens (tertiary/aromatic N) is 11. The number of carboxylic acids is 1. The Morgan fingerprint density at radius 1 is 0.686 bits per heavy atom. The number of fused-ring (bicyclic) bond motifs is 9. The van der Waals surface area contributed by atoms with E-state index in [0.29, 0.717) is 110 Å². The fourth-order valence-corrected chi connectivity index (χ4v) is 18.4. The number of hydrogen-bond acceptors (Lipinski definition) is 22. The van der Waals surface area contributed by atoms with Gasteiger partial charge in [0.1, 0.15) is 23.9 Å². The summed E-state index contributed by atoms with van der Waals surface area (Å²) in [6, 6.07) is 26.1. The van der Waals surface area contributed by atoms with Gasteiger partial charge in [0.05, 0.1) is 81.8 Å². The molecule has 3 aliphatic rings. The lowest BCUT2D eigenvalue weighted by atomic mass is 9.95. The molecule has 0 aliphatic carbocycles. The van der Waals surface area contributed by atoms with Crippen molar-refractivity contribution in [3.8, 4) is 22.5 Å². The second kappa shape index (κ2) is 35.6. The van der Waals surface area contributed by atoms with Gasteiger partial charge in [-0.25, -0.2) is 19.4 Å². The molecule has 36 heteroatoms. The molecule has 33 nitrogen and oxygen atoms in total. The van der Waals surface area contributed by atoms with Crippen LogP contribution in [0.2, 0.25) is 0 Å². The molecule has 3 aromatic heterocycles. The third-order valence-electron chi connectivity index (χ3n) is 17.4. The highest BCUT2D eigenvalue weighted by atomic mass is 31.2. The number of carbonyl (C=O) groups is 5. The van der Waals surface area contributed by atoms with Gasteiger partial charge in [0.15, 0.2) is 11.2 Å². The molecule has 3 aliphatic heterocycles. The van der Waals surface area contributed by atoms with Crippen LogP contribution in [0.3, 0.4) is 0 Å². The van der Waals surface area contributed by atoms with Crippen molar-refractivity contribution in [3.05, 3.63) is 136 Å². The zero-order valence-electron chi connectivity index (χ0n) is 56.3. The van der Waals surface area contributed by atoms with Crippen LogP contribution in [-0.2, 0) is 68.1 Å².